The molecule has 0 heterocycles. The molecule has 0 fully saturated rings. The quantitative estimate of drug-likeness (QED) is 0.762. The SMILES string of the molecule is Cl.NCCOCCOc1cccc(F)c1. The maximum Gasteiger partial charge on any atom is 0.126 e. The molecule has 3 nitrogen and oxygen atoms in total. The predicted octanol–water partition coefficient (Wildman–Crippen LogP) is 1.60. The molecular formula is C10H15ClFNO2. The van der Waals surface area contributed by atoms with Crippen LogP contribution >= 0.6 is 12.4 Å². The van der Waals surface area contributed by atoms with Crippen LogP contribution in [0.4, 0.5) is 4.39 Å². The molecule has 1 aromatic rings. The second-order valence-electron chi connectivity index (χ2n) is 2.71. The van der Waals surface area contributed by atoms with Crippen LogP contribution in [-0.2, 0) is 4.74 Å². The standard InChI is InChI=1S/C10H14FNO2.ClH/c11-9-2-1-3-10(8-9)14-7-6-13-5-4-12;/h1-3,8H,4-7,12H2;1H. The molecule has 0 aromatic heterocycles. The van der Waals surface area contributed by atoms with Crippen molar-refractivity contribution in [2.45, 2.75) is 0 Å². The number of hydrogen-bond acceptors (Lipinski definition) is 3. The summed E-state index contributed by atoms with van der Waals surface area (Å²) in [4.78, 5) is 0. The highest BCUT2D eigenvalue weighted by molar-refractivity contribution is 5.85. The third-order valence-corrected chi connectivity index (χ3v) is 1.55. The van der Waals surface area contributed by atoms with Crippen LogP contribution in [0, 0.1) is 5.82 Å². The van der Waals surface area contributed by atoms with E-state index in [4.69, 9.17) is 15.2 Å². The molecule has 0 amide bonds. The normalized spacial score (nSPS) is 9.47. The third-order valence-electron chi connectivity index (χ3n) is 1.55. The Balaban J connectivity index is 0.00000196. The van der Waals surface area contributed by atoms with Crippen molar-refractivity contribution in [1.82, 2.24) is 0 Å². The Morgan fingerprint density at radius 3 is 2.67 bits per heavy atom. The summed E-state index contributed by atoms with van der Waals surface area (Å²) in [6, 6.07) is 6.01. The van der Waals surface area contributed by atoms with Crippen LogP contribution in [0.1, 0.15) is 0 Å². The Labute approximate surface area is 94.8 Å². The molecule has 0 saturated heterocycles. The summed E-state index contributed by atoms with van der Waals surface area (Å²) in [6.45, 7) is 1.89. The van der Waals surface area contributed by atoms with E-state index in [1.165, 1.54) is 12.1 Å². The topological polar surface area (TPSA) is 44.5 Å². The largest absolute Gasteiger partial charge is 0.491 e. The number of rotatable bonds is 6. The Kier molecular flexibility index (Phi) is 7.99. The highest BCUT2D eigenvalue weighted by Gasteiger charge is 1.95. The molecule has 86 valence electrons. The summed E-state index contributed by atoms with van der Waals surface area (Å²) in [6.07, 6.45) is 0. The molecule has 2 N–H and O–H groups in total. The summed E-state index contributed by atoms with van der Waals surface area (Å²) in [5.41, 5.74) is 5.23. The van der Waals surface area contributed by atoms with Crippen molar-refractivity contribution in [1.29, 1.82) is 0 Å². The van der Waals surface area contributed by atoms with E-state index in [1.54, 1.807) is 12.1 Å². The van der Waals surface area contributed by atoms with Crippen molar-refractivity contribution in [3.8, 4) is 5.75 Å². The lowest BCUT2D eigenvalue weighted by Crippen LogP contribution is -2.13. The number of benzene rings is 1. The highest BCUT2D eigenvalue weighted by atomic mass is 35.5. The smallest absolute Gasteiger partial charge is 0.126 e. The fourth-order valence-corrected chi connectivity index (χ4v) is 0.961. The first-order valence-electron chi connectivity index (χ1n) is 4.49. The number of halogens is 2. The fourth-order valence-electron chi connectivity index (χ4n) is 0.961. The Hall–Kier alpha value is -0.840. The molecule has 0 bridgehead atoms. The Bertz CT molecular complexity index is 273. The van der Waals surface area contributed by atoms with Gasteiger partial charge in [0.15, 0.2) is 0 Å². The lowest BCUT2D eigenvalue weighted by Gasteiger charge is -2.06. The fraction of sp³-hybridized carbons (Fsp3) is 0.400. The van der Waals surface area contributed by atoms with Crippen molar-refractivity contribution in [2.24, 2.45) is 5.73 Å². The molecule has 1 aromatic carbocycles. The minimum absolute atomic E-state index is 0. The van der Waals surface area contributed by atoms with Gasteiger partial charge in [-0.15, -0.1) is 12.4 Å². The number of hydrogen-bond donors (Lipinski definition) is 1. The van der Waals surface area contributed by atoms with Crippen molar-refractivity contribution < 1.29 is 13.9 Å². The van der Waals surface area contributed by atoms with Gasteiger partial charge in [-0.3, -0.25) is 0 Å². The van der Waals surface area contributed by atoms with Crippen LogP contribution in [0.25, 0.3) is 0 Å². The van der Waals surface area contributed by atoms with Crippen molar-refractivity contribution in [2.75, 3.05) is 26.4 Å². The minimum atomic E-state index is -0.301. The zero-order chi connectivity index (χ0) is 10.2. The molecule has 15 heavy (non-hydrogen) atoms. The predicted molar refractivity (Wildman–Crippen MR) is 59.0 cm³/mol. The van der Waals surface area contributed by atoms with Crippen LogP contribution in [0.2, 0.25) is 0 Å². The zero-order valence-corrected chi connectivity index (χ0v) is 9.13. The first-order chi connectivity index (χ1) is 6.83. The van der Waals surface area contributed by atoms with E-state index >= 15 is 0 Å². The monoisotopic (exact) mass is 235 g/mol. The molecule has 0 radical (unpaired) electrons. The van der Waals surface area contributed by atoms with E-state index in [2.05, 4.69) is 0 Å². The van der Waals surface area contributed by atoms with E-state index in [0.717, 1.165) is 0 Å². The van der Waals surface area contributed by atoms with Gasteiger partial charge >= 0.3 is 0 Å². The minimum Gasteiger partial charge on any atom is -0.491 e. The molecular weight excluding hydrogens is 221 g/mol. The Morgan fingerprint density at radius 2 is 2.00 bits per heavy atom. The lowest BCUT2D eigenvalue weighted by atomic mass is 10.3. The molecule has 0 aliphatic rings. The van der Waals surface area contributed by atoms with Crippen molar-refractivity contribution >= 4 is 12.4 Å². The van der Waals surface area contributed by atoms with Gasteiger partial charge in [0.1, 0.15) is 18.2 Å². The molecule has 0 aliphatic carbocycles. The highest BCUT2D eigenvalue weighted by Crippen LogP contribution is 2.11. The van der Waals surface area contributed by atoms with Gasteiger partial charge < -0.3 is 15.2 Å². The number of nitrogens with two attached hydrogens (primary N) is 1. The van der Waals surface area contributed by atoms with Gasteiger partial charge in [-0.1, -0.05) is 6.07 Å². The van der Waals surface area contributed by atoms with E-state index in [-0.39, 0.29) is 18.2 Å². The van der Waals surface area contributed by atoms with Crippen molar-refractivity contribution in [3.05, 3.63) is 30.1 Å². The van der Waals surface area contributed by atoms with E-state index in [1.807, 2.05) is 0 Å². The first-order valence-corrected chi connectivity index (χ1v) is 4.49. The van der Waals surface area contributed by atoms with E-state index < -0.39 is 0 Å². The summed E-state index contributed by atoms with van der Waals surface area (Å²) in [5, 5.41) is 0. The maximum atomic E-state index is 12.7. The van der Waals surface area contributed by atoms with Crippen LogP contribution in [-0.4, -0.2) is 26.4 Å². The van der Waals surface area contributed by atoms with Gasteiger partial charge in [0.2, 0.25) is 0 Å². The van der Waals surface area contributed by atoms with E-state index in [0.29, 0.717) is 32.1 Å². The van der Waals surface area contributed by atoms with Crippen LogP contribution in [0.15, 0.2) is 24.3 Å². The zero-order valence-electron chi connectivity index (χ0n) is 8.32. The average Bonchev–Trinajstić information content (AvgIpc) is 2.18. The summed E-state index contributed by atoms with van der Waals surface area (Å²) in [5.74, 6) is 0.215. The lowest BCUT2D eigenvalue weighted by molar-refractivity contribution is 0.106. The molecule has 0 aliphatic heterocycles. The van der Waals surface area contributed by atoms with E-state index in [9.17, 15) is 4.39 Å². The van der Waals surface area contributed by atoms with Gasteiger partial charge in [0.05, 0.1) is 13.2 Å². The number of ether oxygens (including phenoxy) is 2. The van der Waals surface area contributed by atoms with Gasteiger partial charge in [0.25, 0.3) is 0 Å². The second-order valence-corrected chi connectivity index (χ2v) is 2.71. The van der Waals surface area contributed by atoms with Gasteiger partial charge in [0, 0.05) is 12.6 Å². The van der Waals surface area contributed by atoms with Crippen LogP contribution < -0.4 is 10.5 Å². The van der Waals surface area contributed by atoms with Crippen LogP contribution in [0.3, 0.4) is 0 Å². The molecule has 0 unspecified atom stereocenters. The van der Waals surface area contributed by atoms with Gasteiger partial charge in [-0.05, 0) is 12.1 Å². The maximum absolute atomic E-state index is 12.7. The van der Waals surface area contributed by atoms with Crippen LogP contribution in [0.5, 0.6) is 5.75 Å². The summed E-state index contributed by atoms with van der Waals surface area (Å²) >= 11 is 0. The molecule has 1 rings (SSSR count). The molecule has 0 spiro atoms. The second kappa shape index (κ2) is 8.47. The summed E-state index contributed by atoms with van der Waals surface area (Å²) < 4.78 is 23.0. The first kappa shape index (κ1) is 14.2. The summed E-state index contributed by atoms with van der Waals surface area (Å²) in [7, 11) is 0. The molecule has 5 heteroatoms. The third kappa shape index (κ3) is 6.28. The molecule has 0 saturated carbocycles. The van der Waals surface area contributed by atoms with Gasteiger partial charge in [-0.2, -0.15) is 0 Å². The van der Waals surface area contributed by atoms with Gasteiger partial charge in [-0.25, -0.2) is 4.39 Å². The van der Waals surface area contributed by atoms with Crippen molar-refractivity contribution in [3.63, 3.8) is 0 Å². The Morgan fingerprint density at radius 1 is 1.20 bits per heavy atom. The average molecular weight is 236 g/mol. The molecule has 0 atom stereocenters.